The zero-order chi connectivity index (χ0) is 22.3. The van der Waals surface area contributed by atoms with Gasteiger partial charge in [-0.1, -0.05) is 43.2 Å². The van der Waals surface area contributed by atoms with Crippen molar-refractivity contribution in [3.05, 3.63) is 36.0 Å². The zero-order valence-electron chi connectivity index (χ0n) is 19.0. The van der Waals surface area contributed by atoms with E-state index in [2.05, 4.69) is 51.4 Å². The summed E-state index contributed by atoms with van der Waals surface area (Å²) < 4.78 is 24.5. The molecule has 0 heterocycles. The van der Waals surface area contributed by atoms with E-state index in [0.717, 1.165) is 12.8 Å². The van der Waals surface area contributed by atoms with Crippen molar-refractivity contribution >= 4 is 15.8 Å². The second-order valence-electron chi connectivity index (χ2n) is 9.01. The Morgan fingerprint density at radius 2 is 2.10 bits per heavy atom. The number of sulfone groups is 1. The minimum absolute atomic E-state index is 0.0760. The summed E-state index contributed by atoms with van der Waals surface area (Å²) in [4.78, 5) is 3.80. The Morgan fingerprint density at radius 3 is 2.66 bits per heavy atom. The molecule has 1 aliphatic rings. The largest absolute Gasteiger partial charge is 0.370 e. The lowest BCUT2D eigenvalue weighted by atomic mass is 9.65. The molecule has 0 spiro atoms. The second kappa shape index (κ2) is 10.5. The maximum atomic E-state index is 12.7. The SMILES string of the molecule is C=C[C@@](C)(CC/C=C(/C)CC[C@]1(C)C(C)=CCC[C@H]1C)S(=O)(=O)CCN=C(N)N. The van der Waals surface area contributed by atoms with Crippen molar-refractivity contribution in [3.63, 3.8) is 0 Å². The van der Waals surface area contributed by atoms with Crippen LogP contribution in [0.15, 0.2) is 40.9 Å². The fraction of sp³-hybridized carbons (Fsp3) is 0.696. The predicted molar refractivity (Wildman–Crippen MR) is 126 cm³/mol. The van der Waals surface area contributed by atoms with E-state index in [0.29, 0.717) is 18.8 Å². The molecule has 0 aliphatic heterocycles. The summed E-state index contributed by atoms with van der Waals surface area (Å²) in [5, 5.41) is 0. The predicted octanol–water partition coefficient (Wildman–Crippen LogP) is 4.51. The van der Waals surface area contributed by atoms with Crippen LogP contribution in [0.4, 0.5) is 0 Å². The third-order valence-corrected chi connectivity index (χ3v) is 9.52. The Morgan fingerprint density at radius 1 is 1.45 bits per heavy atom. The van der Waals surface area contributed by atoms with Crippen LogP contribution in [-0.2, 0) is 9.84 Å². The highest BCUT2D eigenvalue weighted by Gasteiger charge is 2.35. The topological polar surface area (TPSA) is 98.5 Å². The highest BCUT2D eigenvalue weighted by molar-refractivity contribution is 7.93. The number of rotatable bonds is 11. The van der Waals surface area contributed by atoms with Gasteiger partial charge in [-0.25, -0.2) is 8.42 Å². The van der Waals surface area contributed by atoms with Crippen LogP contribution in [0.5, 0.6) is 0 Å². The molecule has 0 aromatic carbocycles. The van der Waals surface area contributed by atoms with Gasteiger partial charge in [0.05, 0.1) is 17.0 Å². The van der Waals surface area contributed by atoms with Crippen molar-refractivity contribution in [3.8, 4) is 0 Å². The van der Waals surface area contributed by atoms with Gasteiger partial charge in [0.1, 0.15) is 0 Å². The molecule has 6 heteroatoms. The summed E-state index contributed by atoms with van der Waals surface area (Å²) in [6.45, 7) is 14.7. The van der Waals surface area contributed by atoms with Crippen LogP contribution in [-0.4, -0.2) is 31.4 Å². The van der Waals surface area contributed by atoms with E-state index < -0.39 is 14.6 Å². The maximum Gasteiger partial charge on any atom is 0.185 e. The van der Waals surface area contributed by atoms with Gasteiger partial charge in [-0.2, -0.15) is 0 Å². The van der Waals surface area contributed by atoms with Gasteiger partial charge in [-0.05, 0) is 70.6 Å². The smallest absolute Gasteiger partial charge is 0.185 e. The molecular formula is C23H41N3O2S. The molecule has 0 saturated carbocycles. The Labute approximate surface area is 178 Å². The standard InChI is InChI=1S/C23H41N3O2S/c1-7-22(5,29(27,28)17-16-26-21(24)25)14-9-10-18(2)13-15-23(6)19(3)11-8-12-20(23)4/h7,10-11,20H,1,8-9,12-17H2,2-6H3,(H4,24,25,26)/b18-10-/t20-,22+,23-/m1/s1. The molecule has 0 aromatic rings. The van der Waals surface area contributed by atoms with Gasteiger partial charge >= 0.3 is 0 Å². The summed E-state index contributed by atoms with van der Waals surface area (Å²) in [5.41, 5.74) is 13.7. The summed E-state index contributed by atoms with van der Waals surface area (Å²) >= 11 is 0. The van der Waals surface area contributed by atoms with Crippen LogP contribution in [0.25, 0.3) is 0 Å². The molecule has 29 heavy (non-hydrogen) atoms. The van der Waals surface area contributed by atoms with E-state index in [-0.39, 0.29) is 23.7 Å². The molecule has 0 unspecified atom stereocenters. The van der Waals surface area contributed by atoms with Crippen molar-refractivity contribution < 1.29 is 8.42 Å². The third-order valence-electron chi connectivity index (χ3n) is 7.01. The number of allylic oxidation sites excluding steroid dienone is 4. The zero-order valence-corrected chi connectivity index (χ0v) is 19.8. The minimum Gasteiger partial charge on any atom is -0.370 e. The molecule has 0 fully saturated rings. The molecule has 1 aliphatic carbocycles. The molecule has 3 atom stereocenters. The van der Waals surface area contributed by atoms with E-state index in [1.165, 1.54) is 24.0 Å². The number of hydrogen-bond donors (Lipinski definition) is 2. The highest BCUT2D eigenvalue weighted by atomic mass is 32.2. The lowest BCUT2D eigenvalue weighted by Crippen LogP contribution is -2.36. The molecule has 5 nitrogen and oxygen atoms in total. The second-order valence-corrected chi connectivity index (χ2v) is 11.6. The normalized spacial score (nSPS) is 25.1. The van der Waals surface area contributed by atoms with E-state index in [1.54, 1.807) is 13.0 Å². The van der Waals surface area contributed by atoms with Crippen LogP contribution in [0.3, 0.4) is 0 Å². The van der Waals surface area contributed by atoms with Gasteiger partial charge < -0.3 is 11.5 Å². The first-order chi connectivity index (χ1) is 13.4. The fourth-order valence-corrected chi connectivity index (χ4v) is 5.49. The fourth-order valence-electron chi connectivity index (χ4n) is 4.01. The van der Waals surface area contributed by atoms with Crippen LogP contribution >= 0.6 is 0 Å². The Kier molecular flexibility index (Phi) is 9.19. The average Bonchev–Trinajstić information content (AvgIpc) is 2.63. The summed E-state index contributed by atoms with van der Waals surface area (Å²) in [5.74, 6) is 0.516. The monoisotopic (exact) mass is 423 g/mol. The molecular weight excluding hydrogens is 382 g/mol. The molecule has 4 N–H and O–H groups in total. The van der Waals surface area contributed by atoms with Crippen LogP contribution in [0.1, 0.15) is 73.1 Å². The lowest BCUT2D eigenvalue weighted by molar-refractivity contribution is 0.211. The Bertz CT molecular complexity index is 763. The number of nitrogens with zero attached hydrogens (tertiary/aromatic N) is 1. The van der Waals surface area contributed by atoms with Gasteiger partial charge in [0.15, 0.2) is 15.8 Å². The van der Waals surface area contributed by atoms with E-state index in [9.17, 15) is 8.42 Å². The number of hydrogen-bond acceptors (Lipinski definition) is 3. The van der Waals surface area contributed by atoms with Gasteiger partial charge in [0.2, 0.25) is 0 Å². The van der Waals surface area contributed by atoms with E-state index >= 15 is 0 Å². The van der Waals surface area contributed by atoms with Gasteiger partial charge in [-0.15, -0.1) is 6.58 Å². The summed E-state index contributed by atoms with van der Waals surface area (Å²) in [6.07, 6.45) is 11.9. The van der Waals surface area contributed by atoms with Crippen molar-refractivity contribution in [1.82, 2.24) is 0 Å². The first kappa shape index (κ1) is 25.5. The van der Waals surface area contributed by atoms with Crippen molar-refractivity contribution in [2.75, 3.05) is 12.3 Å². The quantitative estimate of drug-likeness (QED) is 0.290. The van der Waals surface area contributed by atoms with Crippen LogP contribution < -0.4 is 11.5 Å². The van der Waals surface area contributed by atoms with Gasteiger partial charge in [-0.3, -0.25) is 4.99 Å². The first-order valence-corrected chi connectivity index (χ1v) is 12.3. The van der Waals surface area contributed by atoms with Crippen molar-refractivity contribution in [2.24, 2.45) is 27.8 Å². The molecule has 0 radical (unpaired) electrons. The summed E-state index contributed by atoms with van der Waals surface area (Å²) in [6, 6.07) is 0. The Balaban J connectivity index is 2.69. The molecule has 0 saturated heterocycles. The van der Waals surface area contributed by atoms with Crippen LogP contribution in [0, 0.1) is 11.3 Å². The molecule has 1 rings (SSSR count). The van der Waals surface area contributed by atoms with E-state index in [1.807, 2.05) is 0 Å². The van der Waals surface area contributed by atoms with Crippen molar-refractivity contribution in [1.29, 1.82) is 0 Å². The molecule has 0 bridgehead atoms. The first-order valence-electron chi connectivity index (χ1n) is 10.6. The van der Waals surface area contributed by atoms with Gasteiger partial charge in [0, 0.05) is 0 Å². The van der Waals surface area contributed by atoms with E-state index in [4.69, 9.17) is 11.5 Å². The Hall–Kier alpha value is -1.56. The minimum atomic E-state index is -3.39. The molecule has 0 aromatic heterocycles. The number of aliphatic imine (C=N–C) groups is 1. The average molecular weight is 424 g/mol. The lowest BCUT2D eigenvalue weighted by Gasteiger charge is -2.40. The third kappa shape index (κ3) is 6.73. The highest BCUT2D eigenvalue weighted by Crippen LogP contribution is 2.45. The van der Waals surface area contributed by atoms with Crippen molar-refractivity contribution in [2.45, 2.75) is 77.9 Å². The maximum absolute atomic E-state index is 12.7. The number of nitrogens with two attached hydrogens (primary N) is 2. The molecule has 0 amide bonds. The summed E-state index contributed by atoms with van der Waals surface area (Å²) in [7, 11) is -3.39. The van der Waals surface area contributed by atoms with Crippen LogP contribution in [0.2, 0.25) is 0 Å². The number of guanidine groups is 1. The van der Waals surface area contributed by atoms with Gasteiger partial charge in [0.25, 0.3) is 0 Å². The molecule has 166 valence electrons.